The molecule has 0 fully saturated rings. The lowest BCUT2D eigenvalue weighted by Gasteiger charge is -2.33. The Morgan fingerprint density at radius 3 is 2.76 bits per heavy atom. The number of hydrogen-bond donors (Lipinski definition) is 0. The molecule has 1 aliphatic carbocycles. The van der Waals surface area contributed by atoms with E-state index >= 15 is 0 Å². The van der Waals surface area contributed by atoms with E-state index in [9.17, 15) is 4.79 Å². The van der Waals surface area contributed by atoms with Gasteiger partial charge in [-0.05, 0) is 37.5 Å². The van der Waals surface area contributed by atoms with Gasteiger partial charge in [-0.15, -0.1) is 0 Å². The van der Waals surface area contributed by atoms with Crippen LogP contribution in [0.2, 0.25) is 0 Å². The molecule has 0 N–H and O–H groups in total. The molecule has 0 amide bonds. The molecule has 0 heterocycles. The van der Waals surface area contributed by atoms with Crippen molar-refractivity contribution in [3.63, 3.8) is 0 Å². The third-order valence-corrected chi connectivity index (χ3v) is 3.90. The molecule has 2 heteroatoms. The summed E-state index contributed by atoms with van der Waals surface area (Å²) in [4.78, 5) is 11.9. The number of methoxy groups -OCH3 is 1. The van der Waals surface area contributed by atoms with E-state index in [1.165, 1.54) is 5.57 Å². The van der Waals surface area contributed by atoms with Crippen LogP contribution in [-0.2, 0) is 9.53 Å². The molecule has 0 spiro atoms. The molecule has 1 atom stereocenters. The van der Waals surface area contributed by atoms with Crippen molar-refractivity contribution in [3.8, 4) is 0 Å². The second-order valence-electron chi connectivity index (χ2n) is 5.99. The van der Waals surface area contributed by atoms with Crippen LogP contribution in [0.5, 0.6) is 0 Å². The molecule has 0 radical (unpaired) electrons. The number of carbonyl (C=O) groups excluding carboxylic acids is 1. The van der Waals surface area contributed by atoms with Crippen LogP contribution in [0, 0.1) is 11.3 Å². The summed E-state index contributed by atoms with van der Waals surface area (Å²) < 4.78 is 5.30. The van der Waals surface area contributed by atoms with E-state index in [4.69, 9.17) is 4.74 Å². The summed E-state index contributed by atoms with van der Waals surface area (Å²) in [5.41, 5.74) is 1.52. The van der Waals surface area contributed by atoms with Gasteiger partial charge in [0, 0.05) is 20.0 Å². The Hall–Kier alpha value is -0.630. The number of rotatable bonds is 3. The molecule has 0 aromatic rings. The first-order chi connectivity index (χ1) is 7.95. The summed E-state index contributed by atoms with van der Waals surface area (Å²) in [5, 5.41) is 0. The molecule has 1 rings (SSSR count). The van der Waals surface area contributed by atoms with Crippen molar-refractivity contribution in [2.24, 2.45) is 11.3 Å². The van der Waals surface area contributed by atoms with Crippen molar-refractivity contribution in [3.05, 3.63) is 11.6 Å². The van der Waals surface area contributed by atoms with E-state index in [-0.39, 0.29) is 5.41 Å². The van der Waals surface area contributed by atoms with Gasteiger partial charge in [0.25, 0.3) is 0 Å². The summed E-state index contributed by atoms with van der Waals surface area (Å²) in [5.74, 6) is 0.849. The van der Waals surface area contributed by atoms with Crippen LogP contribution in [-0.4, -0.2) is 19.5 Å². The molecule has 0 aromatic carbocycles. The average molecular weight is 238 g/mol. The Labute approximate surface area is 105 Å². The van der Waals surface area contributed by atoms with Crippen molar-refractivity contribution < 1.29 is 9.53 Å². The zero-order chi connectivity index (χ0) is 12.9. The second kappa shape index (κ2) is 6.34. The maximum atomic E-state index is 11.9. The number of carbonyl (C=O) groups is 1. The van der Waals surface area contributed by atoms with Crippen molar-refractivity contribution in [1.82, 2.24) is 0 Å². The number of allylic oxidation sites excluding steroid dienone is 2. The van der Waals surface area contributed by atoms with E-state index in [2.05, 4.69) is 26.8 Å². The van der Waals surface area contributed by atoms with E-state index in [1.807, 2.05) is 0 Å². The van der Waals surface area contributed by atoms with Crippen LogP contribution in [0.15, 0.2) is 11.6 Å². The minimum Gasteiger partial charge on any atom is -0.384 e. The Bertz CT molecular complexity index is 289. The number of ether oxygens (including phenoxy) is 1. The van der Waals surface area contributed by atoms with Crippen LogP contribution >= 0.6 is 0 Å². The highest BCUT2D eigenvalue weighted by atomic mass is 16.5. The third kappa shape index (κ3) is 4.63. The van der Waals surface area contributed by atoms with Gasteiger partial charge in [-0.3, -0.25) is 4.79 Å². The van der Waals surface area contributed by atoms with Crippen LogP contribution in [0.1, 0.15) is 52.9 Å². The Kier molecular flexibility index (Phi) is 5.38. The second-order valence-corrected chi connectivity index (χ2v) is 5.99. The highest BCUT2D eigenvalue weighted by Gasteiger charge is 2.31. The van der Waals surface area contributed by atoms with Crippen molar-refractivity contribution in [2.75, 3.05) is 13.7 Å². The third-order valence-electron chi connectivity index (χ3n) is 3.90. The number of ketones is 1. The fourth-order valence-electron chi connectivity index (χ4n) is 2.62. The van der Waals surface area contributed by atoms with Crippen molar-refractivity contribution in [1.29, 1.82) is 0 Å². The standard InChI is InChI=1S/C15H26O2/c1-12-6-5-7-14(16)10-13(9-8-12)15(2,3)11-17-4/h6,13H,5,7-11H2,1-4H3/b12-6+/t13-/m1/s1. The summed E-state index contributed by atoms with van der Waals surface area (Å²) in [6.07, 6.45) is 6.79. The van der Waals surface area contributed by atoms with E-state index in [0.717, 1.165) is 32.3 Å². The van der Waals surface area contributed by atoms with Crippen molar-refractivity contribution in [2.45, 2.75) is 52.9 Å². The minimum absolute atomic E-state index is 0.0923. The molecular weight excluding hydrogens is 212 g/mol. The lowest BCUT2D eigenvalue weighted by Crippen LogP contribution is -2.30. The van der Waals surface area contributed by atoms with Gasteiger partial charge in [0.2, 0.25) is 0 Å². The minimum atomic E-state index is 0.0923. The summed E-state index contributed by atoms with van der Waals surface area (Å²) >= 11 is 0. The maximum Gasteiger partial charge on any atom is 0.133 e. The summed E-state index contributed by atoms with van der Waals surface area (Å²) in [6.45, 7) is 7.33. The van der Waals surface area contributed by atoms with E-state index in [1.54, 1.807) is 7.11 Å². The Morgan fingerprint density at radius 2 is 2.12 bits per heavy atom. The van der Waals surface area contributed by atoms with Crippen LogP contribution in [0.3, 0.4) is 0 Å². The molecule has 17 heavy (non-hydrogen) atoms. The summed E-state index contributed by atoms with van der Waals surface area (Å²) in [7, 11) is 1.74. The van der Waals surface area contributed by atoms with Gasteiger partial charge < -0.3 is 4.74 Å². The molecule has 98 valence electrons. The Morgan fingerprint density at radius 1 is 1.41 bits per heavy atom. The zero-order valence-corrected chi connectivity index (χ0v) is 11.7. The van der Waals surface area contributed by atoms with E-state index in [0.29, 0.717) is 18.1 Å². The highest BCUT2D eigenvalue weighted by molar-refractivity contribution is 5.78. The largest absolute Gasteiger partial charge is 0.384 e. The molecular formula is C15H26O2. The van der Waals surface area contributed by atoms with Gasteiger partial charge in [-0.25, -0.2) is 0 Å². The lowest BCUT2D eigenvalue weighted by molar-refractivity contribution is -0.121. The fourth-order valence-corrected chi connectivity index (χ4v) is 2.62. The predicted molar refractivity (Wildman–Crippen MR) is 71.0 cm³/mol. The van der Waals surface area contributed by atoms with Gasteiger partial charge in [0.1, 0.15) is 5.78 Å². The molecule has 0 saturated heterocycles. The maximum absolute atomic E-state index is 11.9. The highest BCUT2D eigenvalue weighted by Crippen LogP contribution is 2.35. The first-order valence-corrected chi connectivity index (χ1v) is 6.62. The zero-order valence-electron chi connectivity index (χ0n) is 11.7. The predicted octanol–water partition coefficient (Wildman–Crippen LogP) is 3.75. The SMILES string of the molecule is COCC(C)(C)[C@@H]1CC/C(C)=C/CCC(=O)C1. The molecule has 1 aliphatic rings. The van der Waals surface area contributed by atoms with Gasteiger partial charge >= 0.3 is 0 Å². The molecule has 0 saturated carbocycles. The van der Waals surface area contributed by atoms with Gasteiger partial charge in [-0.2, -0.15) is 0 Å². The number of hydrogen-bond acceptors (Lipinski definition) is 2. The topological polar surface area (TPSA) is 26.3 Å². The molecule has 0 aromatic heterocycles. The number of Topliss-reactive ketones (excluding diaryl/α,β-unsaturated/α-hetero) is 1. The smallest absolute Gasteiger partial charge is 0.133 e. The first-order valence-electron chi connectivity index (χ1n) is 6.62. The lowest BCUT2D eigenvalue weighted by atomic mass is 9.74. The molecule has 0 bridgehead atoms. The van der Waals surface area contributed by atoms with Crippen LogP contribution in [0.25, 0.3) is 0 Å². The quantitative estimate of drug-likeness (QED) is 0.700. The first kappa shape index (κ1) is 14.4. The normalized spacial score (nSPS) is 26.7. The van der Waals surface area contributed by atoms with Crippen LogP contribution < -0.4 is 0 Å². The van der Waals surface area contributed by atoms with E-state index < -0.39 is 0 Å². The fraction of sp³-hybridized carbons (Fsp3) is 0.800. The van der Waals surface area contributed by atoms with Gasteiger partial charge in [0.15, 0.2) is 0 Å². The van der Waals surface area contributed by atoms with Gasteiger partial charge in [-0.1, -0.05) is 25.5 Å². The van der Waals surface area contributed by atoms with Crippen LogP contribution in [0.4, 0.5) is 0 Å². The average Bonchev–Trinajstić information content (AvgIpc) is 2.30. The van der Waals surface area contributed by atoms with Gasteiger partial charge in [0.05, 0.1) is 6.61 Å². The van der Waals surface area contributed by atoms with Crippen molar-refractivity contribution >= 4 is 5.78 Å². The molecule has 0 unspecified atom stereocenters. The Balaban J connectivity index is 2.75. The monoisotopic (exact) mass is 238 g/mol. The molecule has 0 aliphatic heterocycles. The molecule has 2 nitrogen and oxygen atoms in total. The summed E-state index contributed by atoms with van der Waals surface area (Å²) in [6, 6.07) is 0.